The van der Waals surface area contributed by atoms with Crippen molar-refractivity contribution in [1.82, 2.24) is 0 Å². The monoisotopic (exact) mass is 280 g/mol. The number of ether oxygens (including phenoxy) is 1. The average Bonchev–Trinajstić information content (AvgIpc) is 2.65. The van der Waals surface area contributed by atoms with Gasteiger partial charge in [-0.25, -0.2) is 0 Å². The second-order valence-corrected chi connectivity index (χ2v) is 12.0. The summed E-state index contributed by atoms with van der Waals surface area (Å²) in [4.78, 5) is 24.6. The summed E-state index contributed by atoms with van der Waals surface area (Å²) in [5, 5.41) is 0. The van der Waals surface area contributed by atoms with E-state index in [4.69, 9.17) is 4.74 Å². The number of allylic oxidation sites excluding steroid dienone is 1. The van der Waals surface area contributed by atoms with Crippen LogP contribution >= 0.6 is 0 Å². The molecule has 2 atom stereocenters. The van der Waals surface area contributed by atoms with Crippen molar-refractivity contribution in [3.05, 3.63) is 11.3 Å². The summed E-state index contributed by atoms with van der Waals surface area (Å²) < 4.78 is 4.97. The molecule has 2 aliphatic rings. The summed E-state index contributed by atoms with van der Waals surface area (Å²) >= 11 is 0. The van der Waals surface area contributed by atoms with Gasteiger partial charge < -0.3 is 4.74 Å². The van der Waals surface area contributed by atoms with Crippen molar-refractivity contribution < 1.29 is 14.3 Å². The Balaban J connectivity index is 2.35. The molecule has 0 aromatic rings. The molecule has 0 radical (unpaired) electrons. The molecule has 2 fully saturated rings. The van der Waals surface area contributed by atoms with Crippen LogP contribution in [0.2, 0.25) is 19.6 Å². The van der Waals surface area contributed by atoms with Crippen LogP contribution in [-0.2, 0) is 14.3 Å². The number of hydrogen-bond acceptors (Lipinski definition) is 3. The minimum atomic E-state index is -1.31. The zero-order chi connectivity index (χ0) is 14.3. The normalized spacial score (nSPS) is 33.4. The third-order valence-corrected chi connectivity index (χ3v) is 5.70. The summed E-state index contributed by atoms with van der Waals surface area (Å²) in [6.45, 7) is 6.86. The second kappa shape index (κ2) is 4.89. The molecular weight excluding hydrogens is 256 g/mol. The maximum Gasteiger partial charge on any atom is 0.319 e. The number of methoxy groups -OCH3 is 1. The Morgan fingerprint density at radius 2 is 1.95 bits per heavy atom. The van der Waals surface area contributed by atoms with E-state index in [0.29, 0.717) is 12.8 Å². The first kappa shape index (κ1) is 14.5. The third-order valence-electron chi connectivity index (χ3n) is 4.42. The molecule has 0 amide bonds. The molecule has 2 aliphatic carbocycles. The number of ketones is 1. The Morgan fingerprint density at radius 1 is 1.32 bits per heavy atom. The van der Waals surface area contributed by atoms with Crippen molar-refractivity contribution in [3.63, 3.8) is 0 Å². The van der Waals surface area contributed by atoms with Crippen LogP contribution in [0.3, 0.4) is 0 Å². The maximum atomic E-state index is 12.3. The lowest BCUT2D eigenvalue weighted by atomic mass is 9.66. The lowest BCUT2D eigenvalue weighted by molar-refractivity contribution is -0.160. The number of carbonyl (C=O) groups is 2. The fourth-order valence-corrected chi connectivity index (χ4v) is 5.18. The van der Waals surface area contributed by atoms with Gasteiger partial charge >= 0.3 is 5.97 Å². The molecule has 0 bridgehead atoms. The Bertz CT molecular complexity index is 433. The van der Waals surface area contributed by atoms with Crippen molar-refractivity contribution in [2.24, 2.45) is 11.3 Å². The van der Waals surface area contributed by atoms with Gasteiger partial charge in [0.05, 0.1) is 15.2 Å². The standard InChI is InChI=1S/C15H24O3Si/c1-18-14(17)15-9-11(10-19(2,3)4)5-6-12(15)7-8-13(15)16/h10,12H,5-9H2,1-4H3/b11-10+/t12-,15-/m1/s1. The predicted molar refractivity (Wildman–Crippen MR) is 77.5 cm³/mol. The summed E-state index contributed by atoms with van der Waals surface area (Å²) in [6.07, 6.45) is 4.00. The van der Waals surface area contributed by atoms with E-state index < -0.39 is 13.5 Å². The molecule has 0 aromatic carbocycles. The highest BCUT2D eigenvalue weighted by molar-refractivity contribution is 6.81. The molecule has 2 rings (SSSR count). The highest BCUT2D eigenvalue weighted by atomic mass is 28.3. The molecule has 0 saturated heterocycles. The van der Waals surface area contributed by atoms with Gasteiger partial charge in [-0.05, 0) is 31.6 Å². The number of fused-ring (bicyclic) bond motifs is 1. The summed E-state index contributed by atoms with van der Waals surface area (Å²) in [5.74, 6) is -0.00191. The van der Waals surface area contributed by atoms with Gasteiger partial charge in [-0.2, -0.15) is 0 Å². The highest BCUT2D eigenvalue weighted by Crippen LogP contribution is 2.52. The van der Waals surface area contributed by atoms with Crippen molar-refractivity contribution >= 4 is 19.8 Å². The lowest BCUT2D eigenvalue weighted by Crippen LogP contribution is -2.44. The molecule has 0 heterocycles. The smallest absolute Gasteiger partial charge is 0.319 e. The molecule has 2 saturated carbocycles. The Morgan fingerprint density at radius 3 is 2.53 bits per heavy atom. The molecule has 0 N–H and O–H groups in total. The molecule has 0 aliphatic heterocycles. The average molecular weight is 280 g/mol. The number of esters is 1. The SMILES string of the molecule is COC(=O)[C@]12C/C(=C/[Si](C)(C)C)CC[C@@H]1CCC2=O. The summed E-state index contributed by atoms with van der Waals surface area (Å²) in [7, 11) is 0.0851. The van der Waals surface area contributed by atoms with E-state index >= 15 is 0 Å². The first-order valence-electron chi connectivity index (χ1n) is 7.12. The molecule has 106 valence electrons. The molecule has 19 heavy (non-hydrogen) atoms. The van der Waals surface area contributed by atoms with Gasteiger partial charge in [0.2, 0.25) is 0 Å². The fourth-order valence-electron chi connectivity index (χ4n) is 3.71. The molecule has 4 heteroatoms. The van der Waals surface area contributed by atoms with Gasteiger partial charge in [0, 0.05) is 6.42 Å². The van der Waals surface area contributed by atoms with Crippen LogP contribution in [0.15, 0.2) is 11.3 Å². The van der Waals surface area contributed by atoms with E-state index in [9.17, 15) is 9.59 Å². The van der Waals surface area contributed by atoms with Crippen LogP contribution < -0.4 is 0 Å². The van der Waals surface area contributed by atoms with E-state index in [2.05, 4.69) is 25.3 Å². The van der Waals surface area contributed by atoms with E-state index in [1.165, 1.54) is 12.7 Å². The van der Waals surface area contributed by atoms with Crippen LogP contribution in [-0.4, -0.2) is 26.9 Å². The van der Waals surface area contributed by atoms with Crippen LogP contribution in [0.25, 0.3) is 0 Å². The topological polar surface area (TPSA) is 43.4 Å². The van der Waals surface area contributed by atoms with Crippen LogP contribution in [0.4, 0.5) is 0 Å². The number of Topliss-reactive ketones (excluding diaryl/α,β-unsaturated/α-hetero) is 1. The fraction of sp³-hybridized carbons (Fsp3) is 0.733. The summed E-state index contributed by atoms with van der Waals surface area (Å²) in [6, 6.07) is 0. The van der Waals surface area contributed by atoms with E-state index in [0.717, 1.165) is 19.3 Å². The zero-order valence-corrected chi connectivity index (χ0v) is 13.4. The van der Waals surface area contributed by atoms with Gasteiger partial charge in [0.25, 0.3) is 0 Å². The number of hydrogen-bond donors (Lipinski definition) is 0. The van der Waals surface area contributed by atoms with Crippen molar-refractivity contribution in [2.75, 3.05) is 7.11 Å². The first-order chi connectivity index (χ1) is 8.79. The summed E-state index contributed by atoms with van der Waals surface area (Å²) in [5.41, 5.74) is 2.81. The Labute approximate surface area is 116 Å². The van der Waals surface area contributed by atoms with Gasteiger partial charge in [0.15, 0.2) is 5.78 Å². The van der Waals surface area contributed by atoms with Gasteiger partial charge in [-0.3, -0.25) is 9.59 Å². The molecule has 3 nitrogen and oxygen atoms in total. The van der Waals surface area contributed by atoms with Gasteiger partial charge in [-0.15, -0.1) is 0 Å². The second-order valence-electron chi connectivity index (χ2n) is 7.01. The maximum absolute atomic E-state index is 12.3. The van der Waals surface area contributed by atoms with E-state index in [1.54, 1.807) is 0 Å². The first-order valence-corrected chi connectivity index (χ1v) is 10.7. The lowest BCUT2D eigenvalue weighted by Gasteiger charge is -2.37. The van der Waals surface area contributed by atoms with Gasteiger partial charge in [-0.1, -0.05) is 30.9 Å². The third kappa shape index (κ3) is 2.55. The zero-order valence-electron chi connectivity index (χ0n) is 12.4. The largest absolute Gasteiger partial charge is 0.468 e. The Kier molecular flexibility index (Phi) is 3.73. The van der Waals surface area contributed by atoms with Crippen molar-refractivity contribution in [3.8, 4) is 0 Å². The molecule has 0 unspecified atom stereocenters. The molecule has 0 aromatic heterocycles. The quantitative estimate of drug-likeness (QED) is 0.443. The van der Waals surface area contributed by atoms with E-state index in [-0.39, 0.29) is 17.7 Å². The minimum absolute atomic E-state index is 0.102. The van der Waals surface area contributed by atoms with Gasteiger partial charge in [0.1, 0.15) is 5.41 Å². The number of rotatable bonds is 2. The van der Waals surface area contributed by atoms with Crippen molar-refractivity contribution in [1.29, 1.82) is 0 Å². The predicted octanol–water partition coefficient (Wildman–Crippen LogP) is 3.11. The van der Waals surface area contributed by atoms with Crippen molar-refractivity contribution in [2.45, 2.75) is 51.7 Å². The minimum Gasteiger partial charge on any atom is -0.468 e. The molecule has 0 spiro atoms. The van der Waals surface area contributed by atoms with Crippen LogP contribution in [0, 0.1) is 11.3 Å². The van der Waals surface area contributed by atoms with E-state index in [1.807, 2.05) is 0 Å². The Hall–Kier alpha value is -0.903. The number of carbonyl (C=O) groups excluding carboxylic acids is 2. The van der Waals surface area contributed by atoms with Crippen LogP contribution in [0.1, 0.15) is 32.1 Å². The highest BCUT2D eigenvalue weighted by Gasteiger charge is 2.57. The molecular formula is C15H24O3Si. The van der Waals surface area contributed by atoms with Crippen LogP contribution in [0.5, 0.6) is 0 Å².